The van der Waals surface area contributed by atoms with Crippen LogP contribution in [-0.2, 0) is 23.2 Å². The van der Waals surface area contributed by atoms with Crippen LogP contribution in [0.2, 0.25) is 5.02 Å². The van der Waals surface area contributed by atoms with Crippen LogP contribution in [0.5, 0.6) is 11.5 Å². The SMILES string of the molecule is COc1cccc(O)c1C1C2=CCn3c(=O)n(-c4ccccc4)c(=O)n3C2CC2C(=O)N(c3cc(-c4sc5ccc(Cl)cc5c4C)nn3C)C(=O)C21C. The Labute approximate surface area is 311 Å². The number of halogens is 1. The Morgan fingerprint density at radius 2 is 1.77 bits per heavy atom. The molecular weight excluding hydrogens is 716 g/mol. The number of fused-ring (bicyclic) bond motifs is 5. The maximum atomic E-state index is 15.1. The zero-order valence-corrected chi connectivity index (χ0v) is 30.7. The number of hydrogen-bond donors (Lipinski definition) is 1. The number of benzene rings is 3. The summed E-state index contributed by atoms with van der Waals surface area (Å²) in [7, 11) is 3.17. The van der Waals surface area contributed by atoms with Crippen molar-refractivity contribution in [3.63, 3.8) is 0 Å². The molecule has 3 aromatic heterocycles. The van der Waals surface area contributed by atoms with Gasteiger partial charge in [0.2, 0.25) is 11.8 Å². The van der Waals surface area contributed by atoms with Crippen molar-refractivity contribution >= 4 is 50.7 Å². The van der Waals surface area contributed by atoms with Gasteiger partial charge in [0.05, 0.1) is 41.6 Å². The Morgan fingerprint density at radius 1 is 1.00 bits per heavy atom. The molecule has 3 aromatic carbocycles. The Hall–Kier alpha value is -5.66. The van der Waals surface area contributed by atoms with Crippen LogP contribution < -0.4 is 21.0 Å². The van der Waals surface area contributed by atoms with Crippen LogP contribution in [0.1, 0.15) is 36.4 Å². The molecule has 2 fully saturated rings. The first-order valence-corrected chi connectivity index (χ1v) is 18.3. The molecule has 2 aliphatic heterocycles. The molecule has 5 heterocycles. The number of carbonyl (C=O) groups excluding carboxylic acids is 2. The topological polar surface area (TPSA) is 134 Å². The number of hydrogen-bond acceptors (Lipinski definition) is 8. The lowest BCUT2D eigenvalue weighted by Gasteiger charge is -2.47. The number of rotatable bonds is 5. The van der Waals surface area contributed by atoms with E-state index in [1.807, 2.05) is 31.2 Å². The molecule has 1 saturated carbocycles. The number of aryl methyl sites for hydroxylation is 2. The van der Waals surface area contributed by atoms with Crippen LogP contribution in [0.4, 0.5) is 5.82 Å². The molecule has 4 atom stereocenters. The first-order chi connectivity index (χ1) is 25.4. The van der Waals surface area contributed by atoms with Gasteiger partial charge in [0.25, 0.3) is 0 Å². The Morgan fingerprint density at radius 3 is 2.53 bits per heavy atom. The average Bonchev–Trinajstić information content (AvgIpc) is 3.82. The molecule has 0 spiro atoms. The summed E-state index contributed by atoms with van der Waals surface area (Å²) in [6, 6.07) is 20.2. The van der Waals surface area contributed by atoms with Gasteiger partial charge in [0.1, 0.15) is 23.0 Å². The normalized spacial score (nSPS) is 22.2. The van der Waals surface area contributed by atoms with E-state index >= 15 is 4.79 Å². The molecule has 0 bridgehead atoms. The monoisotopic (exact) mass is 748 g/mol. The molecule has 3 aliphatic rings. The van der Waals surface area contributed by atoms with E-state index in [1.165, 1.54) is 32.1 Å². The van der Waals surface area contributed by atoms with Crippen LogP contribution in [0.15, 0.2) is 94.0 Å². The Kier molecular flexibility index (Phi) is 7.31. The first kappa shape index (κ1) is 33.2. The van der Waals surface area contributed by atoms with Crippen LogP contribution >= 0.6 is 22.9 Å². The van der Waals surface area contributed by atoms with Gasteiger partial charge in [-0.15, -0.1) is 11.3 Å². The number of thiophene rings is 1. The van der Waals surface area contributed by atoms with E-state index in [0.717, 1.165) is 25.1 Å². The molecule has 268 valence electrons. The number of allylic oxidation sites excluding steroid dienone is 2. The summed E-state index contributed by atoms with van der Waals surface area (Å²) in [5.41, 5.74) is 0.479. The fourth-order valence-corrected chi connectivity index (χ4v) is 10.1. The van der Waals surface area contributed by atoms with Gasteiger partial charge in [-0.25, -0.2) is 28.4 Å². The highest BCUT2D eigenvalue weighted by Gasteiger charge is 2.66. The number of amides is 2. The average molecular weight is 749 g/mol. The molecule has 9 rings (SSSR count). The minimum Gasteiger partial charge on any atom is -0.508 e. The van der Waals surface area contributed by atoms with Crippen LogP contribution in [0, 0.1) is 18.3 Å². The molecule has 14 heteroatoms. The van der Waals surface area contributed by atoms with Gasteiger partial charge in [-0.05, 0) is 79.3 Å². The molecular formula is C39H33ClN6O6S. The minimum atomic E-state index is -1.42. The fourth-order valence-electron chi connectivity index (χ4n) is 8.82. The van der Waals surface area contributed by atoms with Crippen molar-refractivity contribution in [3.8, 4) is 27.8 Å². The van der Waals surface area contributed by atoms with Crippen molar-refractivity contribution in [1.82, 2.24) is 23.7 Å². The van der Waals surface area contributed by atoms with E-state index in [4.69, 9.17) is 21.4 Å². The summed E-state index contributed by atoms with van der Waals surface area (Å²) >= 11 is 7.86. The highest BCUT2D eigenvalue weighted by Crippen LogP contribution is 2.63. The molecule has 1 N–H and O–H groups in total. The minimum absolute atomic E-state index is 0.0452. The van der Waals surface area contributed by atoms with Gasteiger partial charge in [-0.2, -0.15) is 5.10 Å². The number of aromatic hydroxyl groups is 1. The van der Waals surface area contributed by atoms with E-state index < -0.39 is 46.5 Å². The van der Waals surface area contributed by atoms with Crippen LogP contribution in [0.25, 0.3) is 26.3 Å². The molecule has 1 aliphatic carbocycles. The summed E-state index contributed by atoms with van der Waals surface area (Å²) in [5.74, 6) is -2.27. The predicted molar refractivity (Wildman–Crippen MR) is 201 cm³/mol. The molecule has 53 heavy (non-hydrogen) atoms. The van der Waals surface area contributed by atoms with Crippen molar-refractivity contribution in [1.29, 1.82) is 0 Å². The predicted octanol–water partition coefficient (Wildman–Crippen LogP) is 5.96. The lowest BCUT2D eigenvalue weighted by atomic mass is 9.56. The molecule has 1 saturated heterocycles. The molecule has 12 nitrogen and oxygen atoms in total. The summed E-state index contributed by atoms with van der Waals surface area (Å²) in [4.78, 5) is 60.1. The number of imide groups is 1. The summed E-state index contributed by atoms with van der Waals surface area (Å²) < 4.78 is 12.2. The number of aromatic nitrogens is 5. The van der Waals surface area contributed by atoms with E-state index in [2.05, 4.69) is 0 Å². The Bertz CT molecular complexity index is 2700. The highest BCUT2D eigenvalue weighted by molar-refractivity contribution is 7.22. The lowest BCUT2D eigenvalue weighted by Crippen LogP contribution is -2.49. The van der Waals surface area contributed by atoms with Crippen molar-refractivity contribution in [2.45, 2.75) is 38.8 Å². The Balaban J connectivity index is 1.22. The van der Waals surface area contributed by atoms with Crippen LogP contribution in [0.3, 0.4) is 0 Å². The van der Waals surface area contributed by atoms with Crippen molar-refractivity contribution in [3.05, 3.63) is 122 Å². The molecule has 2 amide bonds. The van der Waals surface area contributed by atoms with E-state index in [9.17, 15) is 19.5 Å². The fraction of sp³-hybridized carbons (Fsp3) is 0.256. The van der Waals surface area contributed by atoms with Crippen molar-refractivity contribution < 1.29 is 19.4 Å². The molecule has 0 radical (unpaired) electrons. The quantitative estimate of drug-likeness (QED) is 0.170. The second-order valence-electron chi connectivity index (χ2n) is 14.0. The van der Waals surface area contributed by atoms with Gasteiger partial charge in [0.15, 0.2) is 0 Å². The summed E-state index contributed by atoms with van der Waals surface area (Å²) in [6.45, 7) is 3.79. The standard InChI is InChI=1S/C39H33ClN6O6S/c1-20-24-17-21(40)13-14-30(24)53-34(20)26-19-31(42(3)41-26)45-35(48)25-18-27-23(33(39(25,2)36(45)49)32-28(47)11-8-12-29(32)52-4)15-16-43-37(50)44(38(51)46(27)43)22-9-6-5-7-10-22/h5-15,17,19,25,27,33,47H,16,18H2,1-4H3. The van der Waals surface area contributed by atoms with Gasteiger partial charge in [-0.1, -0.05) is 41.9 Å². The number of anilines is 1. The van der Waals surface area contributed by atoms with Crippen molar-refractivity contribution in [2.24, 2.45) is 18.4 Å². The number of ether oxygens (including phenoxy) is 1. The third-order valence-electron chi connectivity index (χ3n) is 11.3. The first-order valence-electron chi connectivity index (χ1n) is 17.1. The van der Waals surface area contributed by atoms with E-state index in [1.54, 1.807) is 73.8 Å². The zero-order chi connectivity index (χ0) is 37.1. The number of carbonyl (C=O) groups is 2. The molecule has 4 unspecified atom stereocenters. The third-order valence-corrected chi connectivity index (χ3v) is 12.8. The number of phenolic OH excluding ortho intramolecular Hbond substituents is 1. The van der Waals surface area contributed by atoms with Crippen LogP contribution in [-0.4, -0.2) is 47.7 Å². The van der Waals surface area contributed by atoms with Gasteiger partial charge >= 0.3 is 11.4 Å². The number of para-hydroxylation sites is 1. The maximum absolute atomic E-state index is 15.1. The lowest BCUT2D eigenvalue weighted by molar-refractivity contribution is -0.129. The smallest absolute Gasteiger partial charge is 0.352 e. The van der Waals surface area contributed by atoms with Gasteiger partial charge in [-0.3, -0.25) is 14.3 Å². The van der Waals surface area contributed by atoms with E-state index in [0.29, 0.717) is 39.1 Å². The molecule has 6 aromatic rings. The number of methoxy groups -OCH3 is 1. The zero-order valence-electron chi connectivity index (χ0n) is 29.1. The van der Waals surface area contributed by atoms with Gasteiger partial charge < -0.3 is 9.84 Å². The maximum Gasteiger partial charge on any atom is 0.352 e. The van der Waals surface area contributed by atoms with Gasteiger partial charge in [0, 0.05) is 34.3 Å². The number of nitrogens with zero attached hydrogens (tertiary/aromatic N) is 6. The number of phenols is 1. The highest BCUT2D eigenvalue weighted by atomic mass is 35.5. The summed E-state index contributed by atoms with van der Waals surface area (Å²) in [6.07, 6.45) is 1.91. The van der Waals surface area contributed by atoms with Crippen molar-refractivity contribution in [2.75, 3.05) is 12.0 Å². The second kappa shape index (κ2) is 11.7. The third kappa shape index (κ3) is 4.50. The van der Waals surface area contributed by atoms with E-state index in [-0.39, 0.29) is 18.7 Å². The second-order valence-corrected chi connectivity index (χ2v) is 15.5. The summed E-state index contributed by atoms with van der Waals surface area (Å²) in [5, 5.41) is 17.9. The largest absolute Gasteiger partial charge is 0.508 e.